The second kappa shape index (κ2) is 6.58. The Morgan fingerprint density at radius 3 is 2.47 bits per heavy atom. The maximum atomic E-state index is 6.15. The third-order valence-electron chi connectivity index (χ3n) is 5.75. The fourth-order valence-corrected chi connectivity index (χ4v) is 4.08. The van der Waals surface area contributed by atoms with E-state index >= 15 is 0 Å². The van der Waals surface area contributed by atoms with Crippen molar-refractivity contribution >= 4 is 0 Å². The van der Waals surface area contributed by atoms with E-state index in [9.17, 15) is 0 Å². The second-order valence-electron chi connectivity index (χ2n) is 7.67. The van der Waals surface area contributed by atoms with Gasteiger partial charge in [-0.15, -0.1) is 0 Å². The van der Waals surface area contributed by atoms with Crippen LogP contribution < -0.4 is 5.73 Å². The summed E-state index contributed by atoms with van der Waals surface area (Å²) in [5, 5.41) is 0. The molecule has 0 aromatic rings. The molecular formula is C17H34N2. The van der Waals surface area contributed by atoms with Crippen molar-refractivity contribution < 1.29 is 0 Å². The molecule has 2 N–H and O–H groups in total. The zero-order chi connectivity index (χ0) is 13.9. The fourth-order valence-electron chi connectivity index (χ4n) is 4.08. The molecule has 2 nitrogen and oxygen atoms in total. The van der Waals surface area contributed by atoms with Crippen molar-refractivity contribution in [2.45, 2.75) is 71.3 Å². The highest BCUT2D eigenvalue weighted by atomic mass is 15.2. The van der Waals surface area contributed by atoms with E-state index in [4.69, 9.17) is 5.73 Å². The molecule has 0 radical (unpaired) electrons. The van der Waals surface area contributed by atoms with Gasteiger partial charge in [-0.2, -0.15) is 0 Å². The summed E-state index contributed by atoms with van der Waals surface area (Å²) in [5.74, 6) is 2.78. The number of hydrogen-bond acceptors (Lipinski definition) is 2. The summed E-state index contributed by atoms with van der Waals surface area (Å²) in [6.45, 7) is 10.5. The molecule has 2 heteroatoms. The Morgan fingerprint density at radius 1 is 1.16 bits per heavy atom. The van der Waals surface area contributed by atoms with Gasteiger partial charge < -0.3 is 5.73 Å². The molecule has 3 unspecified atom stereocenters. The number of likely N-dealkylation sites (tertiary alicyclic amines) is 1. The zero-order valence-corrected chi connectivity index (χ0v) is 13.3. The molecule has 2 rings (SSSR count). The predicted molar refractivity (Wildman–Crippen MR) is 83.2 cm³/mol. The Bertz CT molecular complexity index is 276. The minimum Gasteiger partial charge on any atom is -0.329 e. The quantitative estimate of drug-likeness (QED) is 0.823. The SMILES string of the molecule is CC(C)CCC(C)(CN)N1CCC2CCCCC2C1. The Morgan fingerprint density at radius 2 is 1.84 bits per heavy atom. The van der Waals surface area contributed by atoms with Gasteiger partial charge in [-0.25, -0.2) is 0 Å². The lowest BCUT2D eigenvalue weighted by molar-refractivity contribution is 0.00942. The van der Waals surface area contributed by atoms with Gasteiger partial charge >= 0.3 is 0 Å². The number of nitrogens with zero attached hydrogens (tertiary/aromatic N) is 1. The van der Waals surface area contributed by atoms with Crippen molar-refractivity contribution in [2.75, 3.05) is 19.6 Å². The topological polar surface area (TPSA) is 29.3 Å². The van der Waals surface area contributed by atoms with Crippen molar-refractivity contribution in [1.82, 2.24) is 4.90 Å². The third-order valence-corrected chi connectivity index (χ3v) is 5.75. The molecule has 0 amide bonds. The molecule has 1 aliphatic carbocycles. The van der Waals surface area contributed by atoms with E-state index < -0.39 is 0 Å². The van der Waals surface area contributed by atoms with Gasteiger partial charge in [0, 0.05) is 18.6 Å². The summed E-state index contributed by atoms with van der Waals surface area (Å²) in [5.41, 5.74) is 6.39. The van der Waals surface area contributed by atoms with E-state index in [2.05, 4.69) is 25.7 Å². The van der Waals surface area contributed by atoms with E-state index in [1.807, 2.05) is 0 Å². The van der Waals surface area contributed by atoms with Crippen LogP contribution in [-0.2, 0) is 0 Å². The van der Waals surface area contributed by atoms with E-state index in [1.54, 1.807) is 0 Å². The van der Waals surface area contributed by atoms with Crippen molar-refractivity contribution in [3.8, 4) is 0 Å². The number of rotatable bonds is 5. The van der Waals surface area contributed by atoms with Crippen LogP contribution in [-0.4, -0.2) is 30.1 Å². The van der Waals surface area contributed by atoms with E-state index in [-0.39, 0.29) is 5.54 Å². The van der Waals surface area contributed by atoms with Crippen LogP contribution in [0.15, 0.2) is 0 Å². The summed E-state index contributed by atoms with van der Waals surface area (Å²) < 4.78 is 0. The Labute approximate surface area is 120 Å². The zero-order valence-electron chi connectivity index (χ0n) is 13.3. The molecule has 0 aromatic heterocycles. The standard InChI is InChI=1S/C17H34N2/c1-14(2)8-10-17(3,13-18)19-11-9-15-6-4-5-7-16(15)12-19/h14-16H,4-13,18H2,1-3H3. The van der Waals surface area contributed by atoms with Crippen molar-refractivity contribution in [1.29, 1.82) is 0 Å². The molecule has 0 bridgehead atoms. The van der Waals surface area contributed by atoms with Gasteiger partial charge in [0.2, 0.25) is 0 Å². The minimum absolute atomic E-state index is 0.243. The van der Waals surface area contributed by atoms with Crippen LogP contribution in [0.3, 0.4) is 0 Å². The van der Waals surface area contributed by atoms with Crippen LogP contribution in [0.5, 0.6) is 0 Å². The van der Waals surface area contributed by atoms with Gasteiger partial charge in [-0.3, -0.25) is 4.90 Å². The normalized spacial score (nSPS) is 32.1. The van der Waals surface area contributed by atoms with Gasteiger partial charge in [0.25, 0.3) is 0 Å². The Balaban J connectivity index is 1.94. The predicted octanol–water partition coefficient (Wildman–Crippen LogP) is 3.65. The van der Waals surface area contributed by atoms with Crippen LogP contribution in [0.25, 0.3) is 0 Å². The van der Waals surface area contributed by atoms with Crippen LogP contribution in [0.4, 0.5) is 0 Å². The molecule has 19 heavy (non-hydrogen) atoms. The van der Waals surface area contributed by atoms with Gasteiger partial charge in [-0.05, 0) is 56.9 Å². The van der Waals surface area contributed by atoms with Crippen molar-refractivity contribution in [2.24, 2.45) is 23.5 Å². The molecule has 1 heterocycles. The number of fused-ring (bicyclic) bond motifs is 1. The van der Waals surface area contributed by atoms with Gasteiger partial charge in [0.1, 0.15) is 0 Å². The van der Waals surface area contributed by atoms with Crippen molar-refractivity contribution in [3.05, 3.63) is 0 Å². The van der Waals surface area contributed by atoms with E-state index in [0.717, 1.165) is 24.3 Å². The molecule has 2 aliphatic rings. The summed E-state index contributed by atoms with van der Waals surface area (Å²) in [6.07, 6.45) is 9.87. The van der Waals surface area contributed by atoms with Crippen LogP contribution in [0.2, 0.25) is 0 Å². The summed E-state index contributed by atoms with van der Waals surface area (Å²) in [7, 11) is 0. The maximum absolute atomic E-state index is 6.15. The first-order chi connectivity index (χ1) is 9.05. The molecule has 0 spiro atoms. The second-order valence-corrected chi connectivity index (χ2v) is 7.67. The number of nitrogens with two attached hydrogens (primary N) is 1. The lowest BCUT2D eigenvalue weighted by Gasteiger charge is -2.49. The number of piperidine rings is 1. The first-order valence-electron chi connectivity index (χ1n) is 8.50. The highest BCUT2D eigenvalue weighted by Gasteiger charge is 2.38. The monoisotopic (exact) mass is 266 g/mol. The Hall–Kier alpha value is -0.0800. The van der Waals surface area contributed by atoms with Gasteiger partial charge in [0.15, 0.2) is 0 Å². The summed E-state index contributed by atoms with van der Waals surface area (Å²) in [6, 6.07) is 0. The molecule has 1 aliphatic heterocycles. The largest absolute Gasteiger partial charge is 0.329 e. The molecule has 0 aromatic carbocycles. The lowest BCUT2D eigenvalue weighted by atomic mass is 9.73. The van der Waals surface area contributed by atoms with Gasteiger partial charge in [-0.1, -0.05) is 33.1 Å². The molecule has 1 saturated carbocycles. The fraction of sp³-hybridized carbons (Fsp3) is 1.00. The summed E-state index contributed by atoms with van der Waals surface area (Å²) in [4.78, 5) is 2.74. The van der Waals surface area contributed by atoms with Gasteiger partial charge in [0.05, 0.1) is 0 Å². The lowest BCUT2D eigenvalue weighted by Crippen LogP contribution is -2.57. The third kappa shape index (κ3) is 3.72. The van der Waals surface area contributed by atoms with Crippen LogP contribution in [0.1, 0.15) is 65.7 Å². The maximum Gasteiger partial charge on any atom is 0.0303 e. The smallest absolute Gasteiger partial charge is 0.0303 e. The average molecular weight is 266 g/mol. The van der Waals surface area contributed by atoms with E-state index in [1.165, 1.54) is 58.0 Å². The first-order valence-corrected chi connectivity index (χ1v) is 8.50. The summed E-state index contributed by atoms with van der Waals surface area (Å²) >= 11 is 0. The van der Waals surface area contributed by atoms with Crippen LogP contribution in [0, 0.1) is 17.8 Å². The van der Waals surface area contributed by atoms with E-state index in [0.29, 0.717) is 0 Å². The number of hydrogen-bond donors (Lipinski definition) is 1. The highest BCUT2D eigenvalue weighted by Crippen LogP contribution is 2.38. The van der Waals surface area contributed by atoms with Crippen LogP contribution >= 0.6 is 0 Å². The minimum atomic E-state index is 0.243. The molecule has 2 fully saturated rings. The molecular weight excluding hydrogens is 232 g/mol. The average Bonchev–Trinajstić information content (AvgIpc) is 2.44. The Kier molecular flexibility index (Phi) is 5.30. The first kappa shape index (κ1) is 15.3. The molecule has 112 valence electrons. The molecule has 3 atom stereocenters. The molecule has 1 saturated heterocycles. The van der Waals surface area contributed by atoms with Crippen molar-refractivity contribution in [3.63, 3.8) is 0 Å². The highest BCUT2D eigenvalue weighted by molar-refractivity contribution is 4.93.